The quantitative estimate of drug-likeness (QED) is 0.432. The Kier molecular flexibility index (Phi) is 10.3. The lowest BCUT2D eigenvalue weighted by Gasteiger charge is -2.09. The molecule has 5 heteroatoms. The zero-order valence-electron chi connectivity index (χ0n) is 7.68. The van der Waals surface area contributed by atoms with E-state index in [1.54, 1.807) is 0 Å². The summed E-state index contributed by atoms with van der Waals surface area (Å²) in [6.45, 7) is 3.28. The van der Waals surface area contributed by atoms with Crippen LogP contribution in [0.2, 0.25) is 0 Å². The highest BCUT2D eigenvalue weighted by atomic mass is 16.4. The number of aliphatic hydroxyl groups excluding tert-OH is 2. The van der Waals surface area contributed by atoms with Gasteiger partial charge in [0.05, 0.1) is 18.6 Å². The number of carboxylic acids is 1. The van der Waals surface area contributed by atoms with Crippen molar-refractivity contribution in [2.75, 3.05) is 7.05 Å². The third-order valence-corrected chi connectivity index (χ3v) is 1.20. The minimum atomic E-state index is -1.08. The Labute approximate surface area is 77.5 Å². The average molecular weight is 191 g/mol. The number of hydrogen-bond acceptors (Lipinski definition) is 4. The summed E-state index contributed by atoms with van der Waals surface area (Å²) in [5.41, 5.74) is 4.50. The van der Waals surface area contributed by atoms with E-state index in [0.717, 1.165) is 0 Å². The number of nitrogens with two attached hydrogens (primary N) is 1. The monoisotopic (exact) mass is 191 g/mol. The number of hydrogen-bond donors (Lipinski definition) is 4. The van der Waals surface area contributed by atoms with Crippen molar-refractivity contribution in [2.45, 2.75) is 25.0 Å². The highest BCUT2D eigenvalue weighted by molar-refractivity contribution is 5.67. The molecule has 0 rings (SSSR count). The normalized spacial score (nSPS) is 13.5. The SMILES string of the molecule is C=C[C@@H](O)C[C@@H](O)CC(=O)O.CN. The predicted octanol–water partition coefficient (Wildman–Crippen LogP) is -0.666. The lowest BCUT2D eigenvalue weighted by molar-refractivity contribution is -0.139. The third kappa shape index (κ3) is 11.1. The van der Waals surface area contributed by atoms with Gasteiger partial charge in [0.25, 0.3) is 0 Å². The molecular formula is C8H17NO4. The first-order chi connectivity index (χ1) is 6.06. The van der Waals surface area contributed by atoms with Crippen molar-refractivity contribution < 1.29 is 20.1 Å². The van der Waals surface area contributed by atoms with Gasteiger partial charge in [-0.2, -0.15) is 0 Å². The lowest BCUT2D eigenvalue weighted by Crippen LogP contribution is -2.18. The molecule has 0 radical (unpaired) electrons. The maximum Gasteiger partial charge on any atom is 0.305 e. The van der Waals surface area contributed by atoms with Gasteiger partial charge >= 0.3 is 5.97 Å². The molecule has 5 nitrogen and oxygen atoms in total. The molecular weight excluding hydrogens is 174 g/mol. The van der Waals surface area contributed by atoms with Gasteiger partial charge in [-0.3, -0.25) is 4.79 Å². The predicted molar refractivity (Wildman–Crippen MR) is 49.2 cm³/mol. The summed E-state index contributed by atoms with van der Waals surface area (Å²) in [5, 5.41) is 26.0. The largest absolute Gasteiger partial charge is 0.481 e. The summed E-state index contributed by atoms with van der Waals surface area (Å²) in [6.07, 6.45) is -0.893. The average Bonchev–Trinajstić information content (AvgIpc) is 2.06. The van der Waals surface area contributed by atoms with E-state index < -0.39 is 18.2 Å². The summed E-state index contributed by atoms with van der Waals surface area (Å²) in [5.74, 6) is -1.08. The van der Waals surface area contributed by atoms with E-state index in [0.29, 0.717) is 0 Å². The molecule has 0 aromatic rings. The Morgan fingerprint density at radius 2 is 2.00 bits per heavy atom. The molecule has 0 saturated heterocycles. The van der Waals surface area contributed by atoms with Crippen molar-refractivity contribution in [1.82, 2.24) is 0 Å². The zero-order valence-corrected chi connectivity index (χ0v) is 7.68. The minimum absolute atomic E-state index is 0.0236. The van der Waals surface area contributed by atoms with Gasteiger partial charge in [-0.25, -0.2) is 0 Å². The first-order valence-electron chi connectivity index (χ1n) is 3.84. The highest BCUT2D eigenvalue weighted by Gasteiger charge is 2.12. The molecule has 0 heterocycles. The molecule has 0 amide bonds. The van der Waals surface area contributed by atoms with Crippen LogP contribution in [0, 0.1) is 0 Å². The van der Waals surface area contributed by atoms with E-state index in [1.165, 1.54) is 13.1 Å². The smallest absolute Gasteiger partial charge is 0.305 e. The van der Waals surface area contributed by atoms with E-state index in [1.807, 2.05) is 0 Å². The molecule has 2 atom stereocenters. The van der Waals surface area contributed by atoms with E-state index in [9.17, 15) is 4.79 Å². The number of carbonyl (C=O) groups is 1. The van der Waals surface area contributed by atoms with Crippen molar-refractivity contribution in [1.29, 1.82) is 0 Å². The maximum absolute atomic E-state index is 10.0. The summed E-state index contributed by atoms with van der Waals surface area (Å²) in [6, 6.07) is 0. The Balaban J connectivity index is 0. The second-order valence-corrected chi connectivity index (χ2v) is 2.29. The van der Waals surface area contributed by atoms with Crippen LogP contribution >= 0.6 is 0 Å². The summed E-state index contributed by atoms with van der Waals surface area (Å²) >= 11 is 0. The second-order valence-electron chi connectivity index (χ2n) is 2.29. The third-order valence-electron chi connectivity index (χ3n) is 1.20. The Hall–Kier alpha value is -0.910. The number of rotatable bonds is 5. The number of aliphatic carboxylic acids is 1. The van der Waals surface area contributed by atoms with E-state index in [2.05, 4.69) is 12.3 Å². The van der Waals surface area contributed by atoms with Gasteiger partial charge in [0.15, 0.2) is 0 Å². The van der Waals surface area contributed by atoms with Crippen LogP contribution in [0.5, 0.6) is 0 Å². The Morgan fingerprint density at radius 3 is 2.31 bits per heavy atom. The van der Waals surface area contributed by atoms with Crippen LogP contribution < -0.4 is 5.73 Å². The van der Waals surface area contributed by atoms with Crippen molar-refractivity contribution in [3.05, 3.63) is 12.7 Å². The van der Waals surface area contributed by atoms with Crippen LogP contribution in [0.3, 0.4) is 0 Å². The summed E-state index contributed by atoms with van der Waals surface area (Å²) in [7, 11) is 1.50. The van der Waals surface area contributed by atoms with Gasteiger partial charge in [-0.05, 0) is 7.05 Å². The van der Waals surface area contributed by atoms with Crippen molar-refractivity contribution >= 4 is 5.97 Å². The topological polar surface area (TPSA) is 104 Å². The van der Waals surface area contributed by atoms with Gasteiger partial charge in [0, 0.05) is 6.42 Å². The van der Waals surface area contributed by atoms with Crippen LogP contribution in [0.1, 0.15) is 12.8 Å². The van der Waals surface area contributed by atoms with E-state index in [-0.39, 0.29) is 12.8 Å². The molecule has 5 N–H and O–H groups in total. The fourth-order valence-corrected chi connectivity index (χ4v) is 0.660. The van der Waals surface area contributed by atoms with Crippen LogP contribution in [-0.2, 0) is 4.79 Å². The number of aliphatic hydroxyl groups is 2. The van der Waals surface area contributed by atoms with Gasteiger partial charge in [0.1, 0.15) is 0 Å². The Bertz CT molecular complexity index is 149. The molecule has 0 spiro atoms. The molecule has 13 heavy (non-hydrogen) atoms. The van der Waals surface area contributed by atoms with Crippen molar-refractivity contribution in [2.24, 2.45) is 5.73 Å². The van der Waals surface area contributed by atoms with Crippen molar-refractivity contribution in [3.63, 3.8) is 0 Å². The first kappa shape index (κ1) is 14.6. The van der Waals surface area contributed by atoms with Crippen molar-refractivity contribution in [3.8, 4) is 0 Å². The Morgan fingerprint density at radius 1 is 1.54 bits per heavy atom. The summed E-state index contributed by atoms with van der Waals surface area (Å²) < 4.78 is 0. The van der Waals surface area contributed by atoms with Crippen LogP contribution in [-0.4, -0.2) is 40.5 Å². The molecule has 0 aromatic carbocycles. The molecule has 0 saturated carbocycles. The molecule has 0 aliphatic carbocycles. The van der Waals surface area contributed by atoms with Gasteiger partial charge in [0.2, 0.25) is 0 Å². The molecule has 78 valence electrons. The zero-order chi connectivity index (χ0) is 10.9. The molecule has 0 aliphatic heterocycles. The highest BCUT2D eigenvalue weighted by Crippen LogP contribution is 2.02. The van der Waals surface area contributed by atoms with Gasteiger partial charge in [-0.15, -0.1) is 6.58 Å². The number of carboxylic acid groups (broad SMARTS) is 1. The minimum Gasteiger partial charge on any atom is -0.481 e. The fourth-order valence-electron chi connectivity index (χ4n) is 0.660. The van der Waals surface area contributed by atoms with Crippen LogP contribution in [0.4, 0.5) is 0 Å². The lowest BCUT2D eigenvalue weighted by atomic mass is 10.1. The van der Waals surface area contributed by atoms with Gasteiger partial charge in [-0.1, -0.05) is 6.08 Å². The second kappa shape index (κ2) is 9.18. The molecule has 0 aromatic heterocycles. The van der Waals surface area contributed by atoms with E-state index >= 15 is 0 Å². The van der Waals surface area contributed by atoms with Crippen LogP contribution in [0.15, 0.2) is 12.7 Å². The molecule has 0 aliphatic rings. The van der Waals surface area contributed by atoms with E-state index in [4.69, 9.17) is 15.3 Å². The van der Waals surface area contributed by atoms with Gasteiger partial charge < -0.3 is 21.1 Å². The molecule has 0 unspecified atom stereocenters. The standard InChI is InChI=1S/C7H12O4.CH5N/c1-2-5(8)3-6(9)4-7(10)11;1-2/h2,5-6,8-9H,1,3-4H2,(H,10,11);2H2,1H3/t5-,6-;/m1./s1. The van der Waals surface area contributed by atoms with Crippen LogP contribution in [0.25, 0.3) is 0 Å². The molecule has 0 fully saturated rings. The summed E-state index contributed by atoms with van der Waals surface area (Å²) in [4.78, 5) is 10.0. The fraction of sp³-hybridized carbons (Fsp3) is 0.625. The molecule has 0 bridgehead atoms. The maximum atomic E-state index is 10.0. The first-order valence-corrected chi connectivity index (χ1v) is 3.84.